The van der Waals surface area contributed by atoms with Gasteiger partial charge in [-0.05, 0) is 25.3 Å². The molecule has 0 spiro atoms. The maximum absolute atomic E-state index is 11.6. The van der Waals surface area contributed by atoms with E-state index in [1.165, 1.54) is 5.56 Å². The van der Waals surface area contributed by atoms with E-state index in [1.54, 1.807) is 7.11 Å². The van der Waals surface area contributed by atoms with E-state index in [2.05, 4.69) is 10.8 Å². The molecule has 0 N–H and O–H groups in total. The van der Waals surface area contributed by atoms with Gasteiger partial charge in [-0.2, -0.15) is 0 Å². The summed E-state index contributed by atoms with van der Waals surface area (Å²) in [5.74, 6) is 0.292. The zero-order chi connectivity index (χ0) is 10.8. The third kappa shape index (κ3) is 2.12. The minimum atomic E-state index is 0.189. The highest BCUT2D eigenvalue weighted by Crippen LogP contribution is 2.22. The Morgan fingerprint density at radius 2 is 2.27 bits per heavy atom. The Hall–Kier alpha value is -1.09. The summed E-state index contributed by atoms with van der Waals surface area (Å²) >= 11 is 0. The molecule has 3 heteroatoms. The van der Waals surface area contributed by atoms with Gasteiger partial charge in [-0.3, -0.25) is 4.79 Å². The lowest BCUT2D eigenvalue weighted by Gasteiger charge is -2.09. The van der Waals surface area contributed by atoms with Gasteiger partial charge in [-0.25, -0.2) is 0 Å². The number of ketones is 1. The SMILES string of the molecule is COC(C)Cn1cc2c(c1)C(=O)CCC2. The summed E-state index contributed by atoms with van der Waals surface area (Å²) in [5, 5.41) is 0. The van der Waals surface area contributed by atoms with Crippen LogP contribution in [0.4, 0.5) is 0 Å². The summed E-state index contributed by atoms with van der Waals surface area (Å²) in [7, 11) is 1.71. The molecule has 1 unspecified atom stereocenters. The molecule has 15 heavy (non-hydrogen) atoms. The number of ether oxygens (including phenoxy) is 1. The molecule has 3 nitrogen and oxygen atoms in total. The minimum Gasteiger partial charge on any atom is -0.380 e. The number of rotatable bonds is 3. The van der Waals surface area contributed by atoms with E-state index in [0.29, 0.717) is 12.2 Å². The standard InChI is InChI=1S/C12H17NO2/c1-9(15-2)6-13-7-10-4-3-5-12(14)11(10)8-13/h7-9H,3-6H2,1-2H3. The average Bonchev–Trinajstić information content (AvgIpc) is 2.62. The van der Waals surface area contributed by atoms with Gasteiger partial charge in [-0.15, -0.1) is 0 Å². The third-order valence-electron chi connectivity index (χ3n) is 2.98. The van der Waals surface area contributed by atoms with Crippen molar-refractivity contribution < 1.29 is 9.53 Å². The lowest BCUT2D eigenvalue weighted by molar-refractivity contribution is 0.0969. The second kappa shape index (κ2) is 4.19. The number of Topliss-reactive ketones (excluding diaryl/α,β-unsaturated/α-hetero) is 1. The maximum Gasteiger partial charge on any atom is 0.164 e. The molecule has 82 valence electrons. The number of nitrogens with zero attached hydrogens (tertiary/aromatic N) is 1. The second-order valence-corrected chi connectivity index (χ2v) is 4.22. The van der Waals surface area contributed by atoms with Gasteiger partial charge >= 0.3 is 0 Å². The first-order valence-electron chi connectivity index (χ1n) is 5.45. The predicted octanol–water partition coefficient (Wildman–Crippen LogP) is 2.04. The van der Waals surface area contributed by atoms with Crippen molar-refractivity contribution in [2.75, 3.05) is 7.11 Å². The number of aromatic nitrogens is 1. The molecule has 1 aromatic heterocycles. The number of hydrogen-bond acceptors (Lipinski definition) is 2. The first-order chi connectivity index (χ1) is 7.20. The van der Waals surface area contributed by atoms with Crippen molar-refractivity contribution in [3.63, 3.8) is 0 Å². The molecule has 1 aliphatic rings. The molecule has 0 saturated carbocycles. The smallest absolute Gasteiger partial charge is 0.164 e. The molecule has 0 radical (unpaired) electrons. The van der Waals surface area contributed by atoms with Gasteiger partial charge in [0.05, 0.1) is 6.10 Å². The number of carbonyl (C=O) groups is 1. The van der Waals surface area contributed by atoms with Gasteiger partial charge in [-0.1, -0.05) is 0 Å². The summed E-state index contributed by atoms with van der Waals surface area (Å²) < 4.78 is 7.28. The normalized spacial score (nSPS) is 17.6. The molecular formula is C12H17NO2. The quantitative estimate of drug-likeness (QED) is 0.759. The molecule has 0 aromatic carbocycles. The van der Waals surface area contributed by atoms with Crippen molar-refractivity contribution in [1.82, 2.24) is 4.57 Å². The fraction of sp³-hybridized carbons (Fsp3) is 0.583. The zero-order valence-corrected chi connectivity index (χ0v) is 9.32. The number of methoxy groups -OCH3 is 1. The molecule has 0 amide bonds. The molecule has 2 rings (SSSR count). The van der Waals surface area contributed by atoms with Crippen LogP contribution in [0, 0.1) is 0 Å². The van der Waals surface area contributed by atoms with E-state index < -0.39 is 0 Å². The fourth-order valence-corrected chi connectivity index (χ4v) is 2.06. The Balaban J connectivity index is 2.18. The fourth-order valence-electron chi connectivity index (χ4n) is 2.06. The molecule has 0 bridgehead atoms. The molecule has 0 saturated heterocycles. The van der Waals surface area contributed by atoms with Crippen LogP contribution in [0.25, 0.3) is 0 Å². The summed E-state index contributed by atoms with van der Waals surface area (Å²) in [6.07, 6.45) is 6.98. The van der Waals surface area contributed by atoms with Gasteiger partial charge < -0.3 is 9.30 Å². The highest BCUT2D eigenvalue weighted by Gasteiger charge is 2.19. The highest BCUT2D eigenvalue weighted by atomic mass is 16.5. The number of hydrogen-bond donors (Lipinski definition) is 0. The van der Waals surface area contributed by atoms with Gasteiger partial charge in [0.2, 0.25) is 0 Å². The lowest BCUT2D eigenvalue weighted by Crippen LogP contribution is -2.13. The van der Waals surface area contributed by atoms with Gasteiger partial charge in [0.1, 0.15) is 0 Å². The summed E-state index contributed by atoms with van der Waals surface area (Å²) in [5.41, 5.74) is 2.12. The monoisotopic (exact) mass is 207 g/mol. The zero-order valence-electron chi connectivity index (χ0n) is 9.32. The van der Waals surface area contributed by atoms with E-state index in [-0.39, 0.29) is 6.10 Å². The van der Waals surface area contributed by atoms with Crippen LogP contribution in [0.3, 0.4) is 0 Å². The number of carbonyl (C=O) groups excluding carboxylic acids is 1. The second-order valence-electron chi connectivity index (χ2n) is 4.22. The summed E-state index contributed by atoms with van der Waals surface area (Å²) in [4.78, 5) is 11.6. The van der Waals surface area contributed by atoms with Crippen LogP contribution in [0.2, 0.25) is 0 Å². The summed E-state index contributed by atoms with van der Waals surface area (Å²) in [6, 6.07) is 0. The first-order valence-corrected chi connectivity index (χ1v) is 5.45. The lowest BCUT2D eigenvalue weighted by atomic mass is 9.95. The van der Waals surface area contributed by atoms with Crippen LogP contribution in [0.15, 0.2) is 12.4 Å². The molecular weight excluding hydrogens is 190 g/mol. The predicted molar refractivity (Wildman–Crippen MR) is 58.2 cm³/mol. The molecule has 0 fully saturated rings. The Kier molecular flexibility index (Phi) is 2.91. The van der Waals surface area contributed by atoms with E-state index in [1.807, 2.05) is 13.1 Å². The minimum absolute atomic E-state index is 0.189. The Bertz CT molecular complexity index is 368. The number of fused-ring (bicyclic) bond motifs is 1. The van der Waals surface area contributed by atoms with Crippen LogP contribution < -0.4 is 0 Å². The highest BCUT2D eigenvalue weighted by molar-refractivity contribution is 5.98. The molecule has 1 aromatic rings. The van der Waals surface area contributed by atoms with Crippen molar-refractivity contribution in [2.24, 2.45) is 0 Å². The van der Waals surface area contributed by atoms with Gasteiger partial charge in [0.25, 0.3) is 0 Å². The molecule has 0 aliphatic heterocycles. The Morgan fingerprint density at radius 1 is 1.47 bits per heavy atom. The maximum atomic E-state index is 11.6. The Morgan fingerprint density at radius 3 is 2.93 bits per heavy atom. The van der Waals surface area contributed by atoms with E-state index in [0.717, 1.165) is 24.9 Å². The van der Waals surface area contributed by atoms with Crippen LogP contribution in [0.1, 0.15) is 35.7 Å². The van der Waals surface area contributed by atoms with Crippen molar-refractivity contribution in [3.05, 3.63) is 23.5 Å². The largest absolute Gasteiger partial charge is 0.380 e. The topological polar surface area (TPSA) is 31.2 Å². The van der Waals surface area contributed by atoms with E-state index >= 15 is 0 Å². The van der Waals surface area contributed by atoms with E-state index in [9.17, 15) is 4.79 Å². The summed E-state index contributed by atoms with van der Waals surface area (Å²) in [6.45, 7) is 2.84. The molecule has 1 aliphatic carbocycles. The Labute approximate surface area is 90.0 Å². The number of aryl methyl sites for hydroxylation is 1. The van der Waals surface area contributed by atoms with Gasteiger partial charge in [0, 0.05) is 38.0 Å². The molecule has 1 heterocycles. The van der Waals surface area contributed by atoms with Crippen LogP contribution in [-0.2, 0) is 17.7 Å². The average molecular weight is 207 g/mol. The first kappa shape index (κ1) is 10.4. The molecule has 1 atom stereocenters. The van der Waals surface area contributed by atoms with Crippen LogP contribution in [0.5, 0.6) is 0 Å². The van der Waals surface area contributed by atoms with Gasteiger partial charge in [0.15, 0.2) is 5.78 Å². The van der Waals surface area contributed by atoms with Crippen molar-refractivity contribution >= 4 is 5.78 Å². The van der Waals surface area contributed by atoms with Crippen molar-refractivity contribution in [3.8, 4) is 0 Å². The van der Waals surface area contributed by atoms with E-state index in [4.69, 9.17) is 4.74 Å². The third-order valence-corrected chi connectivity index (χ3v) is 2.98. The van der Waals surface area contributed by atoms with Crippen LogP contribution >= 0.6 is 0 Å². The van der Waals surface area contributed by atoms with Crippen molar-refractivity contribution in [2.45, 2.75) is 38.8 Å². The van der Waals surface area contributed by atoms with Crippen LogP contribution in [-0.4, -0.2) is 23.6 Å². The van der Waals surface area contributed by atoms with Crippen molar-refractivity contribution in [1.29, 1.82) is 0 Å².